The lowest BCUT2D eigenvalue weighted by Gasteiger charge is -2.36. The number of nitro groups is 1. The van der Waals surface area contributed by atoms with Crippen LogP contribution in [-0.4, -0.2) is 91.7 Å². The van der Waals surface area contributed by atoms with Crippen LogP contribution in [0.1, 0.15) is 12.0 Å². The van der Waals surface area contributed by atoms with Gasteiger partial charge in [0.1, 0.15) is 23.6 Å². The van der Waals surface area contributed by atoms with Crippen molar-refractivity contribution in [3.63, 3.8) is 0 Å². The number of benzene rings is 5. The summed E-state index contributed by atoms with van der Waals surface area (Å²) in [6, 6.07) is 30.4. The third-order valence-electron chi connectivity index (χ3n) is 10.2. The van der Waals surface area contributed by atoms with E-state index in [2.05, 4.69) is 29.8 Å². The van der Waals surface area contributed by atoms with Crippen LogP contribution in [0.3, 0.4) is 0 Å². The van der Waals surface area contributed by atoms with Crippen molar-refractivity contribution in [2.24, 2.45) is 0 Å². The molecule has 0 aliphatic carbocycles. The van der Waals surface area contributed by atoms with E-state index in [1.807, 2.05) is 85.7 Å². The number of nitrogens with one attached hydrogen (secondary N) is 2. The van der Waals surface area contributed by atoms with Crippen LogP contribution >= 0.6 is 11.8 Å². The molecule has 1 atom stereocenters. The summed E-state index contributed by atoms with van der Waals surface area (Å²) in [5.41, 5.74) is 3.35. The van der Waals surface area contributed by atoms with E-state index in [-0.39, 0.29) is 28.1 Å². The zero-order valence-electron chi connectivity index (χ0n) is 32.6. The van der Waals surface area contributed by atoms with Crippen LogP contribution in [0.4, 0.5) is 31.7 Å². The van der Waals surface area contributed by atoms with Gasteiger partial charge in [-0.05, 0) is 92.8 Å². The number of hydrogen-bond donors (Lipinski definition) is 2. The molecule has 0 unspecified atom stereocenters. The molecule has 306 valence electrons. The maximum Gasteiger partial charge on any atom is 0.293 e. The third-order valence-corrected chi connectivity index (χ3v) is 12.7. The van der Waals surface area contributed by atoms with Crippen LogP contribution in [0.25, 0.3) is 22.0 Å². The van der Waals surface area contributed by atoms with Crippen molar-refractivity contribution in [1.29, 1.82) is 0 Å². The zero-order chi connectivity index (χ0) is 41.5. The summed E-state index contributed by atoms with van der Waals surface area (Å²) in [4.78, 5) is 27.7. The quantitative estimate of drug-likeness (QED) is 0.0556. The molecule has 7 rings (SSSR count). The van der Waals surface area contributed by atoms with Gasteiger partial charge in [-0.15, -0.1) is 11.8 Å². The minimum Gasteiger partial charge on any atom is -0.376 e. The van der Waals surface area contributed by atoms with Crippen LogP contribution in [0.2, 0.25) is 0 Å². The van der Waals surface area contributed by atoms with Crippen LogP contribution in [0, 0.1) is 21.7 Å². The van der Waals surface area contributed by atoms with E-state index in [1.165, 1.54) is 30.6 Å². The van der Waals surface area contributed by atoms with Gasteiger partial charge >= 0.3 is 0 Å². The predicted octanol–water partition coefficient (Wildman–Crippen LogP) is 8.13. The van der Waals surface area contributed by atoms with E-state index in [0.717, 1.165) is 53.5 Å². The minimum absolute atomic E-state index is 0.0502. The summed E-state index contributed by atoms with van der Waals surface area (Å²) in [5, 5.41) is 16.1. The van der Waals surface area contributed by atoms with Crippen LogP contribution < -0.4 is 14.9 Å². The van der Waals surface area contributed by atoms with Crippen molar-refractivity contribution < 1.29 is 22.1 Å². The summed E-state index contributed by atoms with van der Waals surface area (Å²) < 4.78 is 58.3. The van der Waals surface area contributed by atoms with Crippen molar-refractivity contribution in [1.82, 2.24) is 19.8 Å². The zero-order valence-corrected chi connectivity index (χ0v) is 34.2. The van der Waals surface area contributed by atoms with Gasteiger partial charge < -0.3 is 15.1 Å². The molecular formula is C43H44F2N8O4S2. The first-order chi connectivity index (χ1) is 28.4. The van der Waals surface area contributed by atoms with Gasteiger partial charge in [-0.2, -0.15) is 0 Å². The van der Waals surface area contributed by atoms with E-state index < -0.39 is 26.6 Å². The lowest BCUT2D eigenvalue weighted by atomic mass is 9.98. The molecule has 1 aliphatic rings. The van der Waals surface area contributed by atoms with Gasteiger partial charge in [0.05, 0.1) is 15.3 Å². The molecule has 12 nitrogen and oxygen atoms in total. The molecule has 0 saturated carbocycles. The molecule has 1 aliphatic heterocycles. The van der Waals surface area contributed by atoms with Crippen molar-refractivity contribution in [2.75, 3.05) is 67.5 Å². The Morgan fingerprint density at radius 2 is 1.64 bits per heavy atom. The van der Waals surface area contributed by atoms with Crippen molar-refractivity contribution in [3.05, 3.63) is 143 Å². The van der Waals surface area contributed by atoms with Crippen LogP contribution in [0.5, 0.6) is 0 Å². The molecule has 16 heteroatoms. The molecule has 2 N–H and O–H groups in total. The highest BCUT2D eigenvalue weighted by Crippen LogP contribution is 2.33. The number of sulfonamides is 1. The average Bonchev–Trinajstić information content (AvgIpc) is 3.22. The highest BCUT2D eigenvalue weighted by molar-refractivity contribution is 7.99. The molecule has 1 saturated heterocycles. The molecule has 5 aromatic carbocycles. The molecule has 0 amide bonds. The first kappa shape index (κ1) is 41.5. The number of rotatable bonds is 16. The maximum absolute atomic E-state index is 14.7. The molecule has 2 heterocycles. The van der Waals surface area contributed by atoms with E-state index in [4.69, 9.17) is 0 Å². The molecule has 6 aromatic rings. The smallest absolute Gasteiger partial charge is 0.293 e. The number of hydrogen-bond acceptors (Lipinski definition) is 11. The maximum atomic E-state index is 14.7. The highest BCUT2D eigenvalue weighted by atomic mass is 32.2. The summed E-state index contributed by atoms with van der Waals surface area (Å²) in [5.74, 6) is -0.518. The standard InChI is InChI=1S/C43H44F2N8O4S2/c1-50(2)19-18-32(28-58-34-9-4-3-5-10-34)48-40-17-14-35(26-42(40)53(54)55)59(56,57)49-43-38-16-13-33(25-41(38)46-29-47-43)52-22-20-51(21-23-52)27-30-8-6-7-11-36(30)37-15-12-31(44)24-39(37)45/h3-17,24-26,29,32,48H,18-23,27-28H2,1-2H3,(H,46,47,49)/t32-/m1/s1. The number of piperazine rings is 1. The summed E-state index contributed by atoms with van der Waals surface area (Å²) in [7, 11) is -0.370. The lowest BCUT2D eigenvalue weighted by Crippen LogP contribution is -2.46. The van der Waals surface area contributed by atoms with Gasteiger partial charge in [-0.1, -0.05) is 42.5 Å². The summed E-state index contributed by atoms with van der Waals surface area (Å²) in [6.07, 6.45) is 1.99. The van der Waals surface area contributed by atoms with Gasteiger partial charge in [0.15, 0.2) is 5.82 Å². The first-order valence-corrected chi connectivity index (χ1v) is 21.6. The Morgan fingerprint density at radius 3 is 2.39 bits per heavy atom. The number of halogens is 2. The number of nitro benzene ring substituents is 1. The lowest BCUT2D eigenvalue weighted by molar-refractivity contribution is -0.384. The molecule has 1 fully saturated rings. The first-order valence-electron chi connectivity index (χ1n) is 19.1. The Balaban J connectivity index is 1.02. The SMILES string of the molecule is CN(C)CC[C@H](CSc1ccccc1)Nc1ccc(S(=O)(=O)Nc2ncnc3cc(N4CCN(Cc5ccccc5-c5ccc(F)cc5F)CC4)ccc23)cc1[N+](=O)[O-]. The van der Waals surface area contributed by atoms with Crippen LogP contribution in [-0.2, 0) is 16.6 Å². The largest absolute Gasteiger partial charge is 0.376 e. The second kappa shape index (κ2) is 18.5. The molecular weight excluding hydrogens is 795 g/mol. The number of aromatic nitrogens is 2. The Kier molecular flexibility index (Phi) is 13.0. The van der Waals surface area contributed by atoms with E-state index >= 15 is 0 Å². The fourth-order valence-electron chi connectivity index (χ4n) is 7.04. The molecule has 0 spiro atoms. The fourth-order valence-corrected chi connectivity index (χ4v) is 9.08. The second-order valence-electron chi connectivity index (χ2n) is 14.6. The molecule has 59 heavy (non-hydrogen) atoms. The second-order valence-corrected chi connectivity index (χ2v) is 17.3. The minimum atomic E-state index is -4.30. The van der Waals surface area contributed by atoms with Gasteiger partial charge in [0, 0.05) is 78.2 Å². The number of nitrogens with zero attached hydrogens (tertiary/aromatic N) is 6. The Hall–Kier alpha value is -5.68. The number of fused-ring (bicyclic) bond motifs is 1. The topological polar surface area (TPSA) is 137 Å². The monoisotopic (exact) mass is 838 g/mol. The van der Waals surface area contributed by atoms with Crippen molar-refractivity contribution >= 4 is 55.6 Å². The van der Waals surface area contributed by atoms with Gasteiger partial charge in [-0.25, -0.2) is 27.2 Å². The normalized spacial score (nSPS) is 14.1. The summed E-state index contributed by atoms with van der Waals surface area (Å²) in [6.45, 7) is 4.23. The Morgan fingerprint density at radius 1 is 0.881 bits per heavy atom. The van der Waals surface area contributed by atoms with Gasteiger partial charge in [-0.3, -0.25) is 19.7 Å². The predicted molar refractivity (Wildman–Crippen MR) is 230 cm³/mol. The van der Waals surface area contributed by atoms with Crippen LogP contribution in [0.15, 0.2) is 125 Å². The van der Waals surface area contributed by atoms with Gasteiger partial charge in [0.2, 0.25) is 0 Å². The summed E-state index contributed by atoms with van der Waals surface area (Å²) >= 11 is 1.64. The van der Waals surface area contributed by atoms with E-state index in [0.29, 0.717) is 48.3 Å². The molecule has 0 radical (unpaired) electrons. The number of thioether (sulfide) groups is 1. The Labute approximate surface area is 346 Å². The third kappa shape index (κ3) is 10.3. The van der Waals surface area contributed by atoms with Crippen molar-refractivity contribution in [3.8, 4) is 11.1 Å². The van der Waals surface area contributed by atoms with Crippen molar-refractivity contribution in [2.45, 2.75) is 28.8 Å². The van der Waals surface area contributed by atoms with E-state index in [9.17, 15) is 27.3 Å². The number of anilines is 3. The average molecular weight is 839 g/mol. The fraction of sp³-hybridized carbons (Fsp3) is 0.256. The molecule has 0 bridgehead atoms. The highest BCUT2D eigenvalue weighted by Gasteiger charge is 2.25. The van der Waals surface area contributed by atoms with E-state index in [1.54, 1.807) is 17.8 Å². The molecule has 1 aromatic heterocycles. The Bertz CT molecular complexity index is 2540. The van der Waals surface area contributed by atoms with Gasteiger partial charge in [0.25, 0.3) is 15.7 Å².